The maximum absolute atomic E-state index is 8.93. The molecule has 1 unspecified atom stereocenters. The van der Waals surface area contributed by atoms with Crippen LogP contribution in [-0.4, -0.2) is 22.7 Å². The van der Waals surface area contributed by atoms with Gasteiger partial charge in [0, 0.05) is 18.3 Å². The number of hydrogen-bond acceptors (Lipinski definition) is 3. The molecular weight excluding hydrogens is 218 g/mol. The van der Waals surface area contributed by atoms with Gasteiger partial charge < -0.3 is 10.4 Å². The van der Waals surface area contributed by atoms with Crippen molar-refractivity contribution >= 4 is 11.8 Å². The fourth-order valence-electron chi connectivity index (χ4n) is 1.95. The van der Waals surface area contributed by atoms with Gasteiger partial charge in [-0.05, 0) is 29.7 Å². The van der Waals surface area contributed by atoms with E-state index in [0.29, 0.717) is 0 Å². The first kappa shape index (κ1) is 12.0. The highest BCUT2D eigenvalue weighted by Gasteiger charge is 2.14. The summed E-state index contributed by atoms with van der Waals surface area (Å²) in [7, 11) is 0. The van der Waals surface area contributed by atoms with Crippen LogP contribution in [0.1, 0.15) is 24.0 Å². The maximum atomic E-state index is 8.93. The molecule has 2 rings (SSSR count). The number of hydrogen-bond donors (Lipinski definition) is 2. The van der Waals surface area contributed by atoms with Crippen molar-refractivity contribution in [1.29, 1.82) is 0 Å². The lowest BCUT2D eigenvalue weighted by molar-refractivity contribution is 0.282. The summed E-state index contributed by atoms with van der Waals surface area (Å²) in [6, 6.07) is 8.14. The van der Waals surface area contributed by atoms with E-state index in [2.05, 4.69) is 29.2 Å². The molecule has 2 N–H and O–H groups in total. The van der Waals surface area contributed by atoms with Crippen LogP contribution in [0.3, 0.4) is 0 Å². The molecule has 1 atom stereocenters. The Morgan fingerprint density at radius 2 is 2.00 bits per heavy atom. The van der Waals surface area contributed by atoms with Crippen molar-refractivity contribution in [1.82, 2.24) is 5.32 Å². The van der Waals surface area contributed by atoms with Gasteiger partial charge in [0.1, 0.15) is 0 Å². The zero-order valence-corrected chi connectivity index (χ0v) is 10.3. The minimum atomic E-state index is 0.131. The first-order valence-corrected chi connectivity index (χ1v) is 6.94. The third-order valence-electron chi connectivity index (χ3n) is 2.93. The zero-order valence-electron chi connectivity index (χ0n) is 9.48. The highest BCUT2D eigenvalue weighted by molar-refractivity contribution is 8.00. The van der Waals surface area contributed by atoms with Crippen LogP contribution < -0.4 is 5.32 Å². The lowest BCUT2D eigenvalue weighted by Crippen LogP contribution is -2.22. The van der Waals surface area contributed by atoms with Crippen LogP contribution >= 0.6 is 11.8 Å². The molecule has 1 aliphatic heterocycles. The largest absolute Gasteiger partial charge is 0.392 e. The number of thioether (sulfide) groups is 1. The number of rotatable bonds is 5. The van der Waals surface area contributed by atoms with E-state index < -0.39 is 0 Å². The van der Waals surface area contributed by atoms with Gasteiger partial charge in [-0.2, -0.15) is 11.8 Å². The zero-order chi connectivity index (χ0) is 11.2. The van der Waals surface area contributed by atoms with Gasteiger partial charge in [0.15, 0.2) is 0 Å². The molecule has 1 aliphatic rings. The minimum absolute atomic E-state index is 0.131. The lowest BCUT2D eigenvalue weighted by Gasteiger charge is -2.10. The Labute approximate surface area is 101 Å². The normalized spacial score (nSPS) is 20.2. The van der Waals surface area contributed by atoms with Crippen molar-refractivity contribution < 1.29 is 5.11 Å². The Morgan fingerprint density at radius 1 is 1.25 bits per heavy atom. The Balaban J connectivity index is 1.71. The average Bonchev–Trinajstić information content (AvgIpc) is 2.83. The van der Waals surface area contributed by atoms with E-state index in [0.717, 1.165) is 23.9 Å². The molecule has 88 valence electrons. The summed E-state index contributed by atoms with van der Waals surface area (Å²) < 4.78 is 0. The van der Waals surface area contributed by atoms with Gasteiger partial charge in [-0.3, -0.25) is 0 Å². The van der Waals surface area contributed by atoms with E-state index in [-0.39, 0.29) is 6.61 Å². The quantitative estimate of drug-likeness (QED) is 0.823. The third-order valence-corrected chi connectivity index (χ3v) is 4.33. The van der Waals surface area contributed by atoms with E-state index in [1.807, 2.05) is 12.1 Å². The Hall–Kier alpha value is -0.510. The van der Waals surface area contributed by atoms with Crippen LogP contribution in [0.2, 0.25) is 0 Å². The summed E-state index contributed by atoms with van der Waals surface area (Å²) in [6.07, 6.45) is 2.74. The standard InChI is InChI=1S/C13H19NOS/c15-10-12-5-3-11(4-6-12)8-14-9-13-2-1-7-16-13/h3-6,13-15H,1-2,7-10H2. The van der Waals surface area contributed by atoms with Crippen molar-refractivity contribution in [3.05, 3.63) is 35.4 Å². The van der Waals surface area contributed by atoms with Crippen molar-refractivity contribution in [2.75, 3.05) is 12.3 Å². The summed E-state index contributed by atoms with van der Waals surface area (Å²) in [5.74, 6) is 1.33. The van der Waals surface area contributed by atoms with Crippen molar-refractivity contribution in [3.8, 4) is 0 Å². The Kier molecular flexibility index (Phi) is 4.69. The topological polar surface area (TPSA) is 32.3 Å². The van der Waals surface area contributed by atoms with E-state index in [1.165, 1.54) is 24.2 Å². The Morgan fingerprint density at radius 3 is 2.62 bits per heavy atom. The lowest BCUT2D eigenvalue weighted by atomic mass is 10.1. The molecule has 1 heterocycles. The highest BCUT2D eigenvalue weighted by Crippen LogP contribution is 2.25. The van der Waals surface area contributed by atoms with Gasteiger partial charge in [0.05, 0.1) is 6.61 Å². The van der Waals surface area contributed by atoms with Crippen LogP contribution in [0.15, 0.2) is 24.3 Å². The SMILES string of the molecule is OCc1ccc(CNCC2CCCS2)cc1. The van der Waals surface area contributed by atoms with Gasteiger partial charge in [-0.1, -0.05) is 24.3 Å². The van der Waals surface area contributed by atoms with Crippen LogP contribution in [0.5, 0.6) is 0 Å². The van der Waals surface area contributed by atoms with Crippen LogP contribution in [0.4, 0.5) is 0 Å². The van der Waals surface area contributed by atoms with Crippen LogP contribution in [0, 0.1) is 0 Å². The summed E-state index contributed by atoms with van der Waals surface area (Å²) in [5.41, 5.74) is 2.27. The maximum Gasteiger partial charge on any atom is 0.0681 e. The molecule has 0 aliphatic carbocycles. The number of aliphatic hydroxyl groups is 1. The van der Waals surface area contributed by atoms with Crippen LogP contribution in [-0.2, 0) is 13.2 Å². The molecular formula is C13H19NOS. The van der Waals surface area contributed by atoms with Crippen LogP contribution in [0.25, 0.3) is 0 Å². The van der Waals surface area contributed by atoms with Gasteiger partial charge in [-0.25, -0.2) is 0 Å². The van der Waals surface area contributed by atoms with Gasteiger partial charge >= 0.3 is 0 Å². The van der Waals surface area contributed by atoms with E-state index in [1.54, 1.807) is 0 Å². The van der Waals surface area contributed by atoms with E-state index >= 15 is 0 Å². The number of aliphatic hydroxyl groups excluding tert-OH is 1. The summed E-state index contributed by atoms with van der Waals surface area (Å²) >= 11 is 2.09. The highest BCUT2D eigenvalue weighted by atomic mass is 32.2. The molecule has 2 nitrogen and oxygen atoms in total. The molecule has 1 aromatic carbocycles. The fourth-order valence-corrected chi connectivity index (χ4v) is 3.18. The smallest absolute Gasteiger partial charge is 0.0681 e. The monoisotopic (exact) mass is 237 g/mol. The molecule has 0 saturated carbocycles. The third kappa shape index (κ3) is 3.51. The van der Waals surface area contributed by atoms with E-state index in [4.69, 9.17) is 5.11 Å². The Bertz CT molecular complexity index is 306. The van der Waals surface area contributed by atoms with E-state index in [9.17, 15) is 0 Å². The average molecular weight is 237 g/mol. The molecule has 0 amide bonds. The second-order valence-corrected chi connectivity index (χ2v) is 5.65. The van der Waals surface area contributed by atoms with Gasteiger partial charge in [0.2, 0.25) is 0 Å². The second-order valence-electron chi connectivity index (χ2n) is 4.24. The minimum Gasteiger partial charge on any atom is -0.392 e. The predicted molar refractivity (Wildman–Crippen MR) is 69.6 cm³/mol. The van der Waals surface area contributed by atoms with Gasteiger partial charge in [0.25, 0.3) is 0 Å². The second kappa shape index (κ2) is 6.28. The van der Waals surface area contributed by atoms with Crippen molar-refractivity contribution in [2.45, 2.75) is 31.2 Å². The number of benzene rings is 1. The predicted octanol–water partition coefficient (Wildman–Crippen LogP) is 2.16. The molecule has 16 heavy (non-hydrogen) atoms. The molecule has 0 aromatic heterocycles. The molecule has 0 bridgehead atoms. The summed E-state index contributed by atoms with van der Waals surface area (Å²) in [6.45, 7) is 2.18. The number of nitrogens with one attached hydrogen (secondary N) is 1. The van der Waals surface area contributed by atoms with Crippen molar-refractivity contribution in [2.24, 2.45) is 0 Å². The molecule has 1 fully saturated rings. The summed E-state index contributed by atoms with van der Waals surface area (Å²) in [4.78, 5) is 0. The molecule has 1 aromatic rings. The molecule has 0 spiro atoms. The van der Waals surface area contributed by atoms with Crippen molar-refractivity contribution in [3.63, 3.8) is 0 Å². The van der Waals surface area contributed by atoms with Gasteiger partial charge in [-0.15, -0.1) is 0 Å². The first-order chi connectivity index (χ1) is 7.88. The fraction of sp³-hybridized carbons (Fsp3) is 0.538. The molecule has 3 heteroatoms. The molecule has 1 saturated heterocycles. The molecule has 0 radical (unpaired) electrons. The summed E-state index contributed by atoms with van der Waals surface area (Å²) in [5, 5.41) is 13.2. The first-order valence-electron chi connectivity index (χ1n) is 5.89.